The van der Waals surface area contributed by atoms with E-state index in [1.54, 1.807) is 0 Å². The SMILES string of the molecule is C=C(C)C1CCC2(C(=O)OC(=O)C34CCC(C(=C)C)C3C3CCC5C6(C)C=C(C#N)C(=O)C(C)(C)C6CCC5(C)C3(C)CC4)CCC3(C)C(CCC4C5(C)C=C(C#N)C(=O)C(C)(C)C5CCC43C)C12. The first-order valence-electron chi connectivity index (χ1n) is 27.5. The molecule has 7 nitrogen and oxygen atoms in total. The summed E-state index contributed by atoms with van der Waals surface area (Å²) in [6.07, 6.45) is 18.3. The number of hydrogen-bond donors (Lipinski definition) is 0. The summed E-state index contributed by atoms with van der Waals surface area (Å²) in [7, 11) is 0. The van der Waals surface area contributed by atoms with Gasteiger partial charge in [-0.2, -0.15) is 10.5 Å². The molecular formula is C62H84N2O5. The normalized spacial score (nSPS) is 50.8. The number of esters is 2. The summed E-state index contributed by atoms with van der Waals surface area (Å²) in [5.41, 5.74) is -0.738. The van der Waals surface area contributed by atoms with E-state index in [-0.39, 0.29) is 103 Å². The second kappa shape index (κ2) is 15.0. The van der Waals surface area contributed by atoms with Gasteiger partial charge in [-0.05, 0) is 208 Å². The number of nitriles is 2. The van der Waals surface area contributed by atoms with Gasteiger partial charge in [0.15, 0.2) is 11.6 Å². The first-order valence-corrected chi connectivity index (χ1v) is 27.5. The fourth-order valence-electron chi connectivity index (χ4n) is 22.5. The zero-order valence-corrected chi connectivity index (χ0v) is 44.6. The van der Waals surface area contributed by atoms with Gasteiger partial charge < -0.3 is 4.74 Å². The fourth-order valence-corrected chi connectivity index (χ4v) is 22.5. The molecule has 0 aromatic heterocycles. The Morgan fingerprint density at radius 2 is 0.870 bits per heavy atom. The summed E-state index contributed by atoms with van der Waals surface area (Å²) in [6.45, 7) is 36.5. The molecule has 0 heterocycles. The van der Waals surface area contributed by atoms with E-state index < -0.39 is 21.7 Å². The summed E-state index contributed by atoms with van der Waals surface area (Å²) in [4.78, 5) is 58.6. The van der Waals surface area contributed by atoms with Crippen LogP contribution >= 0.6 is 0 Å². The van der Waals surface area contributed by atoms with Crippen LogP contribution in [0.3, 0.4) is 0 Å². The Bertz CT molecular complexity index is 2340. The average molecular weight is 937 g/mol. The molecule has 0 aromatic carbocycles. The molecule has 0 radical (unpaired) electrons. The third-order valence-electron chi connectivity index (χ3n) is 26.0. The van der Waals surface area contributed by atoms with Crippen LogP contribution in [-0.4, -0.2) is 23.5 Å². The van der Waals surface area contributed by atoms with E-state index in [1.165, 1.54) is 0 Å². The molecule has 0 spiro atoms. The molecule has 18 unspecified atom stereocenters. The number of fused-ring (bicyclic) bond motifs is 14. The van der Waals surface area contributed by atoms with Gasteiger partial charge in [-0.15, -0.1) is 0 Å². The highest BCUT2D eigenvalue weighted by Gasteiger charge is 2.75. The lowest BCUT2D eigenvalue weighted by Crippen LogP contribution is -2.67. The number of rotatable bonds is 4. The zero-order valence-electron chi connectivity index (χ0n) is 44.6. The van der Waals surface area contributed by atoms with E-state index in [9.17, 15) is 20.1 Å². The van der Waals surface area contributed by atoms with Crippen molar-refractivity contribution in [1.29, 1.82) is 10.5 Å². The molecule has 0 bridgehead atoms. The van der Waals surface area contributed by atoms with Crippen molar-refractivity contribution in [2.45, 2.75) is 186 Å². The number of nitrogens with zero attached hydrogens (tertiary/aromatic N) is 2. The lowest BCUT2D eigenvalue weighted by molar-refractivity contribution is -0.229. The number of carbonyl (C=O) groups is 4. The summed E-state index contributed by atoms with van der Waals surface area (Å²) in [6, 6.07) is 4.62. The van der Waals surface area contributed by atoms with Crippen LogP contribution in [0.1, 0.15) is 186 Å². The van der Waals surface area contributed by atoms with Crippen LogP contribution in [0.2, 0.25) is 0 Å². The third-order valence-corrected chi connectivity index (χ3v) is 26.0. The van der Waals surface area contributed by atoms with Crippen molar-refractivity contribution < 1.29 is 23.9 Å². The molecule has 10 aliphatic rings. The highest BCUT2D eigenvalue weighted by Crippen LogP contribution is 2.79. The standard InChI is InChI=1S/C62H84N2O5/c1-35(2)39-19-25-61(29-27-57(11)41(47(39)61)15-17-45-55(9)31-37(33-63)49(65)53(5,6)43(55)21-23-59(45,57)13)51(67)69-52(68)62-26-20-40(36(3)4)48(62)42-16-18-46-56(10)32-38(34-64)50(66)54(7,8)44(56)22-24-60(46,14)58(42,12)28-30-62/h31-32,39-48H,1,3,15-30H2,2,4-14H3. The quantitative estimate of drug-likeness (QED) is 0.156. The maximum atomic E-state index is 15.6. The Hall–Kier alpha value is -3.58. The third kappa shape index (κ3) is 5.78. The molecule has 8 fully saturated rings. The van der Waals surface area contributed by atoms with Gasteiger partial charge in [0.25, 0.3) is 0 Å². The van der Waals surface area contributed by atoms with E-state index in [0.29, 0.717) is 48.7 Å². The fraction of sp³-hybridized carbons (Fsp3) is 0.774. The van der Waals surface area contributed by atoms with Gasteiger partial charge in [-0.3, -0.25) is 19.2 Å². The molecule has 69 heavy (non-hydrogen) atoms. The number of ether oxygens (including phenoxy) is 1. The Morgan fingerprint density at radius 3 is 1.20 bits per heavy atom. The molecule has 10 aliphatic carbocycles. The van der Waals surface area contributed by atoms with Gasteiger partial charge in [0.05, 0.1) is 22.0 Å². The highest BCUT2D eigenvalue weighted by molar-refractivity contribution is 6.04. The molecule has 0 amide bonds. The molecular weight excluding hydrogens is 853 g/mol. The number of carbonyl (C=O) groups excluding carboxylic acids is 4. The van der Waals surface area contributed by atoms with Crippen LogP contribution in [-0.2, 0) is 23.9 Å². The summed E-state index contributed by atoms with van der Waals surface area (Å²) in [5, 5.41) is 20.5. The van der Waals surface area contributed by atoms with Crippen molar-refractivity contribution in [3.05, 3.63) is 47.6 Å². The van der Waals surface area contributed by atoms with Crippen LogP contribution in [0.5, 0.6) is 0 Å². The van der Waals surface area contributed by atoms with Gasteiger partial charge in [-0.1, -0.05) is 106 Å². The van der Waals surface area contributed by atoms with Crippen LogP contribution < -0.4 is 0 Å². The average Bonchev–Trinajstić information content (AvgIpc) is 3.88. The molecule has 0 saturated heterocycles. The predicted molar refractivity (Wildman–Crippen MR) is 268 cm³/mol. The Kier molecular flexibility index (Phi) is 10.7. The lowest BCUT2D eigenvalue weighted by Gasteiger charge is -2.71. The first-order chi connectivity index (χ1) is 32.1. The molecule has 10 rings (SSSR count). The van der Waals surface area contributed by atoms with Gasteiger partial charge in [0.1, 0.15) is 12.1 Å². The van der Waals surface area contributed by atoms with E-state index >= 15 is 9.59 Å². The van der Waals surface area contributed by atoms with Gasteiger partial charge in [-0.25, -0.2) is 0 Å². The maximum Gasteiger partial charge on any atom is 0.320 e. The van der Waals surface area contributed by atoms with E-state index in [2.05, 4.69) is 121 Å². The Balaban J connectivity index is 0.963. The van der Waals surface area contributed by atoms with Crippen LogP contribution in [0.4, 0.5) is 0 Å². The molecule has 7 heteroatoms. The van der Waals surface area contributed by atoms with E-state index in [0.717, 1.165) is 88.2 Å². The van der Waals surface area contributed by atoms with Gasteiger partial charge >= 0.3 is 11.9 Å². The molecule has 0 aliphatic heterocycles. The monoisotopic (exact) mass is 937 g/mol. The highest BCUT2D eigenvalue weighted by atomic mass is 16.6. The van der Waals surface area contributed by atoms with Gasteiger partial charge in [0.2, 0.25) is 0 Å². The molecule has 372 valence electrons. The summed E-state index contributed by atoms with van der Waals surface area (Å²) < 4.78 is 6.69. The molecule has 18 atom stereocenters. The van der Waals surface area contributed by atoms with Crippen LogP contribution in [0.25, 0.3) is 0 Å². The van der Waals surface area contributed by atoms with Crippen molar-refractivity contribution in [2.75, 3.05) is 0 Å². The summed E-state index contributed by atoms with van der Waals surface area (Å²) >= 11 is 0. The van der Waals surface area contributed by atoms with E-state index in [1.807, 2.05) is 0 Å². The molecule has 8 saturated carbocycles. The molecule has 0 N–H and O–H groups in total. The Morgan fingerprint density at radius 1 is 0.507 bits per heavy atom. The zero-order chi connectivity index (χ0) is 50.2. The van der Waals surface area contributed by atoms with Crippen molar-refractivity contribution in [3.8, 4) is 12.1 Å². The minimum atomic E-state index is -0.757. The number of allylic oxidation sites excluding steroid dienone is 6. The van der Waals surface area contributed by atoms with Crippen molar-refractivity contribution in [2.24, 2.45) is 113 Å². The van der Waals surface area contributed by atoms with Crippen LogP contribution in [0.15, 0.2) is 47.6 Å². The second-order valence-electron chi connectivity index (χ2n) is 28.5. The number of hydrogen-bond acceptors (Lipinski definition) is 7. The topological polar surface area (TPSA) is 125 Å². The van der Waals surface area contributed by atoms with E-state index in [4.69, 9.17) is 4.74 Å². The number of ketones is 2. The maximum absolute atomic E-state index is 15.6. The predicted octanol–water partition coefficient (Wildman–Crippen LogP) is 13.8. The van der Waals surface area contributed by atoms with Crippen molar-refractivity contribution >= 4 is 23.5 Å². The lowest BCUT2D eigenvalue weighted by atomic mass is 9.32. The molecule has 0 aromatic rings. The van der Waals surface area contributed by atoms with Crippen molar-refractivity contribution in [3.63, 3.8) is 0 Å². The van der Waals surface area contributed by atoms with Gasteiger partial charge in [0, 0.05) is 10.8 Å². The minimum absolute atomic E-state index is 0.0160. The van der Waals surface area contributed by atoms with Crippen molar-refractivity contribution in [1.82, 2.24) is 0 Å². The first kappa shape index (κ1) is 49.0. The largest absolute Gasteiger partial charge is 0.392 e. The number of Topliss-reactive ketones (excluding diaryl/α,β-unsaturated/α-hetero) is 2. The van der Waals surface area contributed by atoms with Crippen LogP contribution in [0, 0.1) is 136 Å². The smallest absolute Gasteiger partial charge is 0.320 e. The Labute approximate surface area is 415 Å². The summed E-state index contributed by atoms with van der Waals surface area (Å²) in [5.74, 6) is 1.21. The minimum Gasteiger partial charge on any atom is -0.392 e. The second-order valence-corrected chi connectivity index (χ2v) is 28.5.